The zero-order valence-corrected chi connectivity index (χ0v) is 10.7. The predicted octanol–water partition coefficient (Wildman–Crippen LogP) is 0.678. The molecular weight excluding hydrogens is 236 g/mol. The number of carbonyl (C=O) groups is 1. The zero-order chi connectivity index (χ0) is 13.2. The Balaban J connectivity index is 2.23. The maximum atomic E-state index is 11.5. The fourth-order valence-electron chi connectivity index (χ4n) is 2.23. The maximum absolute atomic E-state index is 11.5. The summed E-state index contributed by atoms with van der Waals surface area (Å²) < 4.78 is 6.86. The van der Waals surface area contributed by atoms with E-state index in [4.69, 9.17) is 4.74 Å². The lowest BCUT2D eigenvalue weighted by Gasteiger charge is -2.33. The molecule has 100 valence electrons. The Hall–Kier alpha value is -1.50. The Morgan fingerprint density at radius 1 is 1.50 bits per heavy atom. The minimum atomic E-state index is -0.808. The molecule has 0 aromatic carbocycles. The Bertz CT molecular complexity index is 424. The fraction of sp³-hybridized carbons (Fsp3) is 0.818. The third kappa shape index (κ3) is 2.35. The molecule has 7 nitrogen and oxygen atoms in total. The Kier molecular flexibility index (Phi) is 3.60. The van der Waals surface area contributed by atoms with Gasteiger partial charge < -0.3 is 9.84 Å². The highest BCUT2D eigenvalue weighted by atomic mass is 16.5. The molecule has 0 spiro atoms. The van der Waals surface area contributed by atoms with E-state index in [0.717, 1.165) is 5.82 Å². The van der Waals surface area contributed by atoms with Gasteiger partial charge in [0, 0.05) is 19.1 Å². The van der Waals surface area contributed by atoms with Crippen LogP contribution in [0, 0.1) is 5.41 Å². The summed E-state index contributed by atoms with van der Waals surface area (Å²) in [7, 11) is 0. The first-order valence-corrected chi connectivity index (χ1v) is 6.12. The standard InChI is InChI=1S/C11H18N4O3/c1-8(2)9-12-13-14-15(9)7-11(10(16)17)3-5-18-6-4-11/h8H,3-7H2,1-2H3,(H,16,17). The van der Waals surface area contributed by atoms with Crippen LogP contribution in [0.4, 0.5) is 0 Å². The van der Waals surface area contributed by atoms with Crippen molar-refractivity contribution < 1.29 is 14.6 Å². The molecule has 0 atom stereocenters. The molecule has 0 saturated carbocycles. The molecule has 1 saturated heterocycles. The van der Waals surface area contributed by atoms with Gasteiger partial charge in [-0.05, 0) is 23.3 Å². The summed E-state index contributed by atoms with van der Waals surface area (Å²) in [5.41, 5.74) is -0.808. The molecule has 1 N–H and O–H groups in total. The number of nitrogens with zero attached hydrogens (tertiary/aromatic N) is 4. The first-order chi connectivity index (χ1) is 8.55. The van der Waals surface area contributed by atoms with Gasteiger partial charge in [0.2, 0.25) is 0 Å². The average Bonchev–Trinajstić information content (AvgIpc) is 2.78. The number of carboxylic acids is 1. The summed E-state index contributed by atoms with van der Waals surface area (Å²) in [5, 5.41) is 21.0. The van der Waals surface area contributed by atoms with E-state index in [1.54, 1.807) is 4.68 Å². The number of hydrogen-bond acceptors (Lipinski definition) is 5. The van der Waals surface area contributed by atoms with Gasteiger partial charge in [-0.1, -0.05) is 13.8 Å². The van der Waals surface area contributed by atoms with Crippen LogP contribution in [-0.4, -0.2) is 44.5 Å². The third-order valence-corrected chi connectivity index (χ3v) is 3.43. The van der Waals surface area contributed by atoms with E-state index in [2.05, 4.69) is 15.5 Å². The summed E-state index contributed by atoms with van der Waals surface area (Å²) in [6.45, 7) is 5.24. The monoisotopic (exact) mass is 254 g/mol. The van der Waals surface area contributed by atoms with Crippen LogP contribution >= 0.6 is 0 Å². The largest absolute Gasteiger partial charge is 0.481 e. The second kappa shape index (κ2) is 5.01. The summed E-state index contributed by atoms with van der Waals surface area (Å²) in [6.07, 6.45) is 0.999. The van der Waals surface area contributed by atoms with Gasteiger partial charge in [-0.2, -0.15) is 0 Å². The molecule has 0 aliphatic carbocycles. The molecule has 2 heterocycles. The van der Waals surface area contributed by atoms with Gasteiger partial charge in [0.1, 0.15) is 0 Å². The van der Waals surface area contributed by atoms with Gasteiger partial charge in [0.25, 0.3) is 0 Å². The van der Waals surface area contributed by atoms with Crippen molar-refractivity contribution in [1.29, 1.82) is 0 Å². The smallest absolute Gasteiger partial charge is 0.311 e. The van der Waals surface area contributed by atoms with Crippen molar-refractivity contribution in [2.24, 2.45) is 5.41 Å². The van der Waals surface area contributed by atoms with Crippen molar-refractivity contribution in [3.8, 4) is 0 Å². The topological polar surface area (TPSA) is 90.1 Å². The van der Waals surface area contributed by atoms with Gasteiger partial charge in [-0.3, -0.25) is 4.79 Å². The number of tetrazole rings is 1. The number of hydrogen-bond donors (Lipinski definition) is 1. The third-order valence-electron chi connectivity index (χ3n) is 3.43. The lowest BCUT2D eigenvalue weighted by Crippen LogP contribution is -2.41. The molecule has 2 rings (SSSR count). The van der Waals surface area contributed by atoms with E-state index in [-0.39, 0.29) is 5.92 Å². The molecule has 0 bridgehead atoms. The number of rotatable bonds is 4. The van der Waals surface area contributed by atoms with E-state index in [1.165, 1.54) is 0 Å². The van der Waals surface area contributed by atoms with Crippen molar-refractivity contribution >= 4 is 5.97 Å². The van der Waals surface area contributed by atoms with Crippen LogP contribution in [0.5, 0.6) is 0 Å². The minimum Gasteiger partial charge on any atom is -0.481 e. The molecule has 0 radical (unpaired) electrons. The van der Waals surface area contributed by atoms with Crippen LogP contribution in [0.15, 0.2) is 0 Å². The van der Waals surface area contributed by atoms with Crippen molar-refractivity contribution in [3.63, 3.8) is 0 Å². The molecule has 7 heteroatoms. The second-order valence-electron chi connectivity index (χ2n) is 5.05. The van der Waals surface area contributed by atoms with Crippen LogP contribution in [0.1, 0.15) is 38.4 Å². The quantitative estimate of drug-likeness (QED) is 0.849. The summed E-state index contributed by atoms with van der Waals surface area (Å²) in [5.74, 6) is 0.101. The summed E-state index contributed by atoms with van der Waals surface area (Å²) in [4.78, 5) is 11.5. The highest BCUT2D eigenvalue weighted by Gasteiger charge is 2.41. The van der Waals surface area contributed by atoms with Gasteiger partial charge in [-0.15, -0.1) is 5.10 Å². The molecule has 1 aliphatic heterocycles. The lowest BCUT2D eigenvalue weighted by molar-refractivity contribution is -0.156. The molecule has 1 aromatic heterocycles. The first kappa shape index (κ1) is 12.9. The normalized spacial score (nSPS) is 19.1. The summed E-state index contributed by atoms with van der Waals surface area (Å²) in [6, 6.07) is 0. The van der Waals surface area contributed by atoms with Crippen molar-refractivity contribution in [2.75, 3.05) is 13.2 Å². The Labute approximate surface area is 105 Å². The molecular formula is C11H18N4O3. The van der Waals surface area contributed by atoms with Crippen LogP contribution in [0.2, 0.25) is 0 Å². The Morgan fingerprint density at radius 3 is 2.72 bits per heavy atom. The van der Waals surface area contributed by atoms with Crippen molar-refractivity contribution in [1.82, 2.24) is 20.2 Å². The molecule has 18 heavy (non-hydrogen) atoms. The fourth-order valence-corrected chi connectivity index (χ4v) is 2.23. The van der Waals surface area contributed by atoms with E-state index in [9.17, 15) is 9.90 Å². The van der Waals surface area contributed by atoms with Crippen LogP contribution in [0.3, 0.4) is 0 Å². The maximum Gasteiger partial charge on any atom is 0.311 e. The second-order valence-corrected chi connectivity index (χ2v) is 5.05. The number of carboxylic acid groups (broad SMARTS) is 1. The first-order valence-electron chi connectivity index (χ1n) is 6.12. The molecule has 1 aromatic rings. The van der Waals surface area contributed by atoms with Gasteiger partial charge >= 0.3 is 5.97 Å². The number of aliphatic carboxylic acids is 1. The van der Waals surface area contributed by atoms with Crippen LogP contribution in [-0.2, 0) is 16.1 Å². The van der Waals surface area contributed by atoms with E-state index < -0.39 is 11.4 Å². The van der Waals surface area contributed by atoms with Gasteiger partial charge in [0.05, 0.1) is 12.0 Å². The van der Waals surface area contributed by atoms with Crippen molar-refractivity contribution in [3.05, 3.63) is 5.82 Å². The van der Waals surface area contributed by atoms with Crippen LogP contribution in [0.25, 0.3) is 0 Å². The Morgan fingerprint density at radius 2 is 2.17 bits per heavy atom. The van der Waals surface area contributed by atoms with E-state index >= 15 is 0 Å². The number of ether oxygens (including phenoxy) is 1. The van der Waals surface area contributed by atoms with Gasteiger partial charge in [0.15, 0.2) is 5.82 Å². The van der Waals surface area contributed by atoms with Crippen LogP contribution < -0.4 is 0 Å². The summed E-state index contributed by atoms with van der Waals surface area (Å²) >= 11 is 0. The highest BCUT2D eigenvalue weighted by molar-refractivity contribution is 5.74. The molecule has 0 amide bonds. The molecule has 1 fully saturated rings. The molecule has 1 aliphatic rings. The SMILES string of the molecule is CC(C)c1nnnn1CC1(C(=O)O)CCOCC1. The van der Waals surface area contributed by atoms with E-state index in [1.807, 2.05) is 13.8 Å². The average molecular weight is 254 g/mol. The zero-order valence-electron chi connectivity index (χ0n) is 10.7. The van der Waals surface area contributed by atoms with Crippen molar-refractivity contribution in [2.45, 2.75) is 39.2 Å². The lowest BCUT2D eigenvalue weighted by atomic mass is 9.80. The highest BCUT2D eigenvalue weighted by Crippen LogP contribution is 2.33. The minimum absolute atomic E-state index is 0.172. The van der Waals surface area contributed by atoms with Gasteiger partial charge in [-0.25, -0.2) is 4.68 Å². The predicted molar refractivity (Wildman–Crippen MR) is 62.0 cm³/mol. The molecule has 0 unspecified atom stereocenters. The van der Waals surface area contributed by atoms with E-state index in [0.29, 0.717) is 32.6 Å². The number of aromatic nitrogens is 4.